The molecule has 10 heteroatoms. The van der Waals surface area contributed by atoms with Gasteiger partial charge in [0.15, 0.2) is 0 Å². The Balaban J connectivity index is 0.000000968. The second-order valence-corrected chi connectivity index (χ2v) is 8.64. The number of likely N-dealkylation sites (N-methyl/N-ethyl adjacent to an activating group) is 1. The second-order valence-electron chi connectivity index (χ2n) is 8.64. The van der Waals surface area contributed by atoms with Gasteiger partial charge in [0.2, 0.25) is 17.6 Å². The quantitative estimate of drug-likeness (QED) is 0.510. The summed E-state index contributed by atoms with van der Waals surface area (Å²) in [4.78, 5) is 41.8. The van der Waals surface area contributed by atoms with E-state index >= 15 is 0 Å². The molecular formula is C23H30N4O6. The zero-order valence-electron chi connectivity index (χ0n) is 19.0. The Morgan fingerprint density at radius 1 is 1.27 bits per heavy atom. The van der Waals surface area contributed by atoms with Crippen molar-refractivity contribution in [1.29, 1.82) is 0 Å². The van der Waals surface area contributed by atoms with Crippen LogP contribution in [0.15, 0.2) is 34.9 Å². The lowest BCUT2D eigenvalue weighted by Crippen LogP contribution is -2.45. The summed E-state index contributed by atoms with van der Waals surface area (Å²) in [7, 11) is 3.96. The van der Waals surface area contributed by atoms with Crippen molar-refractivity contribution in [2.24, 2.45) is 5.41 Å². The molecule has 3 heterocycles. The van der Waals surface area contributed by atoms with Crippen LogP contribution in [-0.2, 0) is 25.5 Å². The Kier molecular flexibility index (Phi) is 8.16. The molecule has 33 heavy (non-hydrogen) atoms. The summed E-state index contributed by atoms with van der Waals surface area (Å²) in [6.45, 7) is 1.66. The average molecular weight is 459 g/mol. The maximum atomic E-state index is 12.7. The number of rotatable bonds is 6. The summed E-state index contributed by atoms with van der Waals surface area (Å²) in [5.41, 5.74) is 0.463. The third kappa shape index (κ3) is 6.16. The van der Waals surface area contributed by atoms with Gasteiger partial charge in [0, 0.05) is 44.5 Å². The Bertz CT molecular complexity index is 937. The minimum atomic E-state index is -0.422. The predicted octanol–water partition coefficient (Wildman–Crippen LogP) is 1.86. The number of hydrogen-bond acceptors (Lipinski definition) is 8. The largest absolute Gasteiger partial charge is 0.483 e. The number of nitrogens with zero attached hydrogens (tertiary/aromatic N) is 4. The molecule has 10 nitrogen and oxygen atoms in total. The lowest BCUT2D eigenvalue weighted by atomic mass is 9.76. The SMILES string of the molecule is CN(C)CC1CC2(CCN(C(=O)CCc3nc(-c4ccccc4)no3)CC2)C(=O)O1.O=CO. The van der Waals surface area contributed by atoms with Gasteiger partial charge in [-0.05, 0) is 26.9 Å². The number of cyclic esters (lactones) is 1. The van der Waals surface area contributed by atoms with Gasteiger partial charge in [-0.2, -0.15) is 4.98 Å². The molecule has 0 saturated carbocycles. The molecule has 2 aliphatic heterocycles. The van der Waals surface area contributed by atoms with E-state index < -0.39 is 5.41 Å². The van der Waals surface area contributed by atoms with Crippen LogP contribution in [0.4, 0.5) is 0 Å². The van der Waals surface area contributed by atoms with Crippen LogP contribution in [0, 0.1) is 5.41 Å². The van der Waals surface area contributed by atoms with Crippen molar-refractivity contribution < 1.29 is 28.8 Å². The molecule has 0 radical (unpaired) electrons. The van der Waals surface area contributed by atoms with Gasteiger partial charge in [-0.3, -0.25) is 14.4 Å². The fourth-order valence-corrected chi connectivity index (χ4v) is 4.37. The van der Waals surface area contributed by atoms with E-state index in [1.54, 1.807) is 0 Å². The fraction of sp³-hybridized carbons (Fsp3) is 0.522. The van der Waals surface area contributed by atoms with Crippen molar-refractivity contribution in [3.8, 4) is 11.4 Å². The second kappa shape index (κ2) is 11.0. The van der Waals surface area contributed by atoms with Crippen LogP contribution in [0.2, 0.25) is 0 Å². The van der Waals surface area contributed by atoms with E-state index in [1.165, 1.54) is 0 Å². The zero-order valence-corrected chi connectivity index (χ0v) is 19.0. The van der Waals surface area contributed by atoms with Gasteiger partial charge in [-0.15, -0.1) is 0 Å². The van der Waals surface area contributed by atoms with Crippen LogP contribution in [0.3, 0.4) is 0 Å². The fourth-order valence-electron chi connectivity index (χ4n) is 4.37. The molecule has 2 aromatic rings. The highest BCUT2D eigenvalue weighted by molar-refractivity contribution is 5.80. The molecule has 1 aromatic carbocycles. The zero-order chi connectivity index (χ0) is 23.8. The number of esters is 1. The monoisotopic (exact) mass is 458 g/mol. The standard InChI is InChI=1S/C22H28N4O4.CH2O2/c1-25(2)15-17-14-22(21(28)29-17)10-12-26(13-11-22)19(27)9-8-18-23-20(24-30-18)16-6-4-3-5-7-16;2-1-3/h3-7,17H,8-15H2,1-2H3;1H,(H,2,3). The molecule has 1 amide bonds. The van der Waals surface area contributed by atoms with E-state index in [0.29, 0.717) is 50.5 Å². The summed E-state index contributed by atoms with van der Waals surface area (Å²) in [5, 5.41) is 10.9. The van der Waals surface area contributed by atoms with Gasteiger partial charge in [0.1, 0.15) is 6.10 Å². The topological polar surface area (TPSA) is 126 Å². The smallest absolute Gasteiger partial charge is 0.312 e. The van der Waals surface area contributed by atoms with E-state index in [9.17, 15) is 9.59 Å². The molecule has 1 spiro atoms. The minimum absolute atomic E-state index is 0.0499. The van der Waals surface area contributed by atoms with Crippen molar-refractivity contribution in [1.82, 2.24) is 19.9 Å². The van der Waals surface area contributed by atoms with Crippen molar-refractivity contribution in [3.05, 3.63) is 36.2 Å². The molecule has 1 aromatic heterocycles. The first-order chi connectivity index (χ1) is 15.9. The van der Waals surface area contributed by atoms with Crippen LogP contribution < -0.4 is 0 Å². The number of aryl methyl sites for hydroxylation is 1. The van der Waals surface area contributed by atoms with Crippen LogP contribution >= 0.6 is 0 Å². The molecule has 2 fully saturated rings. The molecule has 1 unspecified atom stereocenters. The summed E-state index contributed by atoms with van der Waals surface area (Å²) >= 11 is 0. The minimum Gasteiger partial charge on any atom is -0.483 e. The number of aromatic nitrogens is 2. The highest BCUT2D eigenvalue weighted by Crippen LogP contribution is 2.43. The van der Waals surface area contributed by atoms with Crippen LogP contribution in [0.1, 0.15) is 31.6 Å². The molecule has 1 atom stereocenters. The molecule has 2 saturated heterocycles. The first-order valence-corrected chi connectivity index (χ1v) is 11.0. The maximum absolute atomic E-state index is 12.7. The number of benzene rings is 1. The van der Waals surface area contributed by atoms with Crippen molar-refractivity contribution in [2.75, 3.05) is 33.7 Å². The molecule has 1 N–H and O–H groups in total. The number of carboxylic acid groups (broad SMARTS) is 1. The van der Waals surface area contributed by atoms with E-state index in [4.69, 9.17) is 19.2 Å². The number of carbonyl (C=O) groups is 3. The number of carbonyl (C=O) groups excluding carboxylic acids is 2. The third-order valence-electron chi connectivity index (χ3n) is 6.02. The number of amides is 1. The van der Waals surface area contributed by atoms with E-state index in [-0.39, 0.29) is 24.5 Å². The molecule has 4 rings (SSSR count). The Morgan fingerprint density at radius 3 is 2.58 bits per heavy atom. The summed E-state index contributed by atoms with van der Waals surface area (Å²) < 4.78 is 10.9. The van der Waals surface area contributed by atoms with Crippen LogP contribution in [0.25, 0.3) is 11.4 Å². The first-order valence-electron chi connectivity index (χ1n) is 11.0. The molecule has 2 aliphatic rings. The molecule has 0 aliphatic carbocycles. The van der Waals surface area contributed by atoms with Gasteiger partial charge in [0.05, 0.1) is 5.41 Å². The normalized spacial score (nSPS) is 19.2. The van der Waals surface area contributed by atoms with Crippen LogP contribution in [-0.4, -0.2) is 83.2 Å². The Hall–Kier alpha value is -3.27. The van der Waals surface area contributed by atoms with E-state index in [2.05, 4.69) is 10.1 Å². The van der Waals surface area contributed by atoms with Gasteiger partial charge in [-0.25, -0.2) is 0 Å². The number of likely N-dealkylation sites (tertiary alicyclic amines) is 1. The lowest BCUT2D eigenvalue weighted by Gasteiger charge is -2.36. The van der Waals surface area contributed by atoms with Crippen molar-refractivity contribution in [2.45, 2.75) is 38.2 Å². The average Bonchev–Trinajstić information content (AvgIpc) is 3.38. The summed E-state index contributed by atoms with van der Waals surface area (Å²) in [6, 6.07) is 9.60. The third-order valence-corrected chi connectivity index (χ3v) is 6.02. The van der Waals surface area contributed by atoms with Crippen molar-refractivity contribution >= 4 is 18.3 Å². The summed E-state index contributed by atoms with van der Waals surface area (Å²) in [5.74, 6) is 0.952. The van der Waals surface area contributed by atoms with Gasteiger partial charge >= 0.3 is 5.97 Å². The number of hydrogen-bond donors (Lipinski definition) is 1. The molecule has 178 valence electrons. The lowest BCUT2D eigenvalue weighted by molar-refractivity contribution is -0.152. The molecule has 0 bridgehead atoms. The van der Waals surface area contributed by atoms with E-state index in [0.717, 1.165) is 18.5 Å². The number of piperidine rings is 1. The molecular weight excluding hydrogens is 428 g/mol. The van der Waals surface area contributed by atoms with Gasteiger partial charge < -0.3 is 24.2 Å². The first kappa shape index (κ1) is 24.4. The maximum Gasteiger partial charge on any atom is 0.312 e. The highest BCUT2D eigenvalue weighted by atomic mass is 16.6. The van der Waals surface area contributed by atoms with Crippen LogP contribution in [0.5, 0.6) is 0 Å². The highest BCUT2D eigenvalue weighted by Gasteiger charge is 2.50. The Morgan fingerprint density at radius 2 is 1.94 bits per heavy atom. The van der Waals surface area contributed by atoms with E-state index in [1.807, 2.05) is 54.2 Å². The van der Waals surface area contributed by atoms with Crippen molar-refractivity contribution in [3.63, 3.8) is 0 Å². The van der Waals surface area contributed by atoms with Gasteiger partial charge in [0.25, 0.3) is 6.47 Å². The Labute approximate surface area is 192 Å². The van der Waals surface area contributed by atoms with Gasteiger partial charge in [-0.1, -0.05) is 35.5 Å². The predicted molar refractivity (Wildman–Crippen MR) is 118 cm³/mol. The number of ether oxygens (including phenoxy) is 1. The summed E-state index contributed by atoms with van der Waals surface area (Å²) in [6.07, 6.45) is 2.76.